The molecule has 1 rings (SSSR count). The number of rotatable bonds is 12. The fourth-order valence-corrected chi connectivity index (χ4v) is 2.67. The maximum Gasteiger partial charge on any atom is 0.154 e. The highest BCUT2D eigenvalue weighted by molar-refractivity contribution is 7.36. The molecule has 0 saturated carbocycles. The lowest BCUT2D eigenvalue weighted by Gasteiger charge is -2.26. The summed E-state index contributed by atoms with van der Waals surface area (Å²) in [4.78, 5) is 5.04. The Morgan fingerprint density at radius 1 is 0.920 bits per heavy atom. The second-order valence-corrected chi connectivity index (χ2v) is 6.07. The summed E-state index contributed by atoms with van der Waals surface area (Å²) in [6, 6.07) is 10.7. The Balaban J connectivity index is -0.00000116. The van der Waals surface area contributed by atoms with Gasteiger partial charge in [-0.15, -0.1) is 13.2 Å². The zero-order valence-corrected chi connectivity index (χ0v) is 16.1. The van der Waals surface area contributed by atoms with Crippen molar-refractivity contribution >= 4 is 14.5 Å². The number of nitrogens with zero attached hydrogens (tertiary/aromatic N) is 2. The number of likely N-dealkylation sites (N-methyl/N-ethyl adjacent to an activating group) is 2. The van der Waals surface area contributed by atoms with Crippen molar-refractivity contribution in [2.24, 2.45) is 0 Å². The van der Waals surface area contributed by atoms with E-state index < -0.39 is 0 Å². The van der Waals surface area contributed by atoms with Crippen molar-refractivity contribution in [1.82, 2.24) is 15.1 Å². The monoisotopic (exact) mass is 368 g/mol. The van der Waals surface area contributed by atoms with Gasteiger partial charge < -0.3 is 4.90 Å². The predicted octanol–water partition coefficient (Wildman–Crippen LogP) is 4.56. The van der Waals surface area contributed by atoms with Gasteiger partial charge in [0.05, 0.1) is 14.5 Å². The molecule has 1 atom stereocenters. The van der Waals surface area contributed by atoms with Gasteiger partial charge in [-0.05, 0) is 18.7 Å². The highest BCUT2D eigenvalue weighted by atomic mass is 31.1. The van der Waals surface area contributed by atoms with Gasteiger partial charge in [0.15, 0.2) is 6.29 Å². The zero-order chi connectivity index (χ0) is 17.3. The largest absolute Gasteiger partial charge is 0.301 e. The van der Waals surface area contributed by atoms with Crippen LogP contribution >= 0.6 is 8.20 Å². The first-order valence-corrected chi connectivity index (χ1v) is 9.90. The Bertz CT molecular complexity index is 384. The predicted molar refractivity (Wildman–Crippen MR) is 123 cm³/mol. The third-order valence-electron chi connectivity index (χ3n) is 3.73. The Hall–Kier alpha value is -0.990. The first-order chi connectivity index (χ1) is 11.3. The zero-order valence-electron chi connectivity index (χ0n) is 15.1. The van der Waals surface area contributed by atoms with Gasteiger partial charge in [-0.25, -0.2) is 0 Å². The van der Waals surface area contributed by atoms with E-state index in [1.54, 1.807) is 0 Å². The molecular weight excluding hydrogens is 325 g/mol. The molecule has 1 N–H and O–H groups in total. The fraction of sp³-hybridized carbons (Fsp3) is 0.571. The molecule has 0 bridgehead atoms. The maximum atomic E-state index is 3.88. The molecule has 0 radical (unpaired) electrons. The van der Waals surface area contributed by atoms with Gasteiger partial charge in [0.1, 0.15) is 0 Å². The van der Waals surface area contributed by atoms with E-state index in [-0.39, 0.29) is 14.9 Å². The van der Waals surface area contributed by atoms with Crippen LogP contribution in [0.1, 0.15) is 34.3 Å². The molecule has 0 aromatic heterocycles. The topological polar surface area (TPSA) is 18.5 Å². The van der Waals surface area contributed by atoms with Gasteiger partial charge in [0.2, 0.25) is 0 Å². The molecule has 0 fully saturated rings. The summed E-state index contributed by atoms with van der Waals surface area (Å²) in [6.45, 7) is 18.2. The van der Waals surface area contributed by atoms with Crippen molar-refractivity contribution in [3.63, 3.8) is 0 Å². The standard InChI is InChI=1S/C17H30N3P.C2H4.2CH4/c1-4-19(12-11-18-16-21-3)13-14-20(5-2)15-17-9-7-6-8-10-17;1-2;;/h6-10,18H,3-5,11-16H2,1-2H3;1-2H2;2*1H4/p+1. The van der Waals surface area contributed by atoms with Crippen LogP contribution < -0.4 is 5.32 Å². The quantitative estimate of drug-likeness (QED) is 0.331. The van der Waals surface area contributed by atoms with E-state index in [0.29, 0.717) is 0 Å². The fourth-order valence-electron chi connectivity index (χ4n) is 2.32. The number of benzene rings is 1. The molecular formula is C21H43N3P+. The van der Waals surface area contributed by atoms with Gasteiger partial charge in [0.25, 0.3) is 0 Å². The summed E-state index contributed by atoms with van der Waals surface area (Å²) in [5, 5.41) is 3.44. The molecule has 3 nitrogen and oxygen atoms in total. The van der Waals surface area contributed by atoms with E-state index in [1.165, 1.54) is 5.56 Å². The second kappa shape index (κ2) is 21.1. The van der Waals surface area contributed by atoms with Crippen molar-refractivity contribution in [3.05, 3.63) is 49.1 Å². The average Bonchev–Trinajstić information content (AvgIpc) is 2.62. The molecule has 0 spiro atoms. The summed E-state index contributed by atoms with van der Waals surface area (Å²) in [7, 11) is 0.755. The van der Waals surface area contributed by atoms with Gasteiger partial charge in [-0.2, -0.15) is 0 Å². The summed E-state index contributed by atoms with van der Waals surface area (Å²) in [5.74, 6) is 0. The molecule has 0 saturated heterocycles. The third-order valence-corrected chi connectivity index (χ3v) is 4.23. The van der Waals surface area contributed by atoms with Crippen molar-refractivity contribution in [2.75, 3.05) is 45.6 Å². The number of hydrogen-bond donors (Lipinski definition) is 1. The van der Waals surface area contributed by atoms with E-state index in [9.17, 15) is 0 Å². The van der Waals surface area contributed by atoms with Crippen molar-refractivity contribution < 1.29 is 0 Å². The van der Waals surface area contributed by atoms with Crippen LogP contribution in [-0.2, 0) is 6.54 Å². The highest BCUT2D eigenvalue weighted by Crippen LogP contribution is 2.04. The molecule has 1 aromatic rings. The average molecular weight is 369 g/mol. The maximum absolute atomic E-state index is 3.88. The van der Waals surface area contributed by atoms with Crippen LogP contribution in [0.5, 0.6) is 0 Å². The van der Waals surface area contributed by atoms with Gasteiger partial charge >= 0.3 is 0 Å². The smallest absolute Gasteiger partial charge is 0.154 e. The second-order valence-electron chi connectivity index (χ2n) is 5.22. The molecule has 0 amide bonds. The lowest BCUT2D eigenvalue weighted by molar-refractivity contribution is 0.210. The first-order valence-electron chi connectivity index (χ1n) is 8.49. The van der Waals surface area contributed by atoms with Crippen LogP contribution in [0.3, 0.4) is 0 Å². The summed E-state index contributed by atoms with van der Waals surface area (Å²) in [5.41, 5.74) is 1.40. The van der Waals surface area contributed by atoms with Crippen LogP contribution in [0.2, 0.25) is 0 Å². The molecule has 4 heteroatoms. The Kier molecular flexibility index (Phi) is 24.3. The molecule has 0 aliphatic rings. The molecule has 25 heavy (non-hydrogen) atoms. The van der Waals surface area contributed by atoms with Crippen molar-refractivity contribution in [3.8, 4) is 0 Å². The van der Waals surface area contributed by atoms with Crippen molar-refractivity contribution in [2.45, 2.75) is 35.2 Å². The highest BCUT2D eigenvalue weighted by Gasteiger charge is 2.07. The Morgan fingerprint density at radius 3 is 2.00 bits per heavy atom. The third kappa shape index (κ3) is 15.0. The van der Waals surface area contributed by atoms with Crippen LogP contribution in [0.4, 0.5) is 0 Å². The Morgan fingerprint density at radius 2 is 1.48 bits per heavy atom. The van der Waals surface area contributed by atoms with E-state index in [4.69, 9.17) is 0 Å². The van der Waals surface area contributed by atoms with Crippen LogP contribution in [0.15, 0.2) is 43.5 Å². The van der Waals surface area contributed by atoms with E-state index in [2.05, 4.69) is 78.8 Å². The molecule has 0 heterocycles. The van der Waals surface area contributed by atoms with E-state index >= 15 is 0 Å². The first kappa shape index (κ1) is 28.8. The minimum atomic E-state index is 0. The lowest BCUT2D eigenvalue weighted by atomic mass is 10.2. The lowest BCUT2D eigenvalue weighted by Crippen LogP contribution is -2.38. The minimum absolute atomic E-state index is 0. The van der Waals surface area contributed by atoms with Gasteiger partial charge in [0, 0.05) is 32.7 Å². The Labute approximate surface area is 159 Å². The van der Waals surface area contributed by atoms with E-state index in [0.717, 1.165) is 60.3 Å². The van der Waals surface area contributed by atoms with Gasteiger partial charge in [-0.1, -0.05) is 59.0 Å². The van der Waals surface area contributed by atoms with E-state index in [1.807, 2.05) is 0 Å². The van der Waals surface area contributed by atoms with Crippen molar-refractivity contribution in [1.29, 1.82) is 0 Å². The molecule has 1 unspecified atom stereocenters. The molecule has 146 valence electrons. The summed E-state index contributed by atoms with van der Waals surface area (Å²) >= 11 is 0. The SMILES string of the molecule is C.C.C=C.C=[PH+]CNCCN(CC)CCN(CC)Cc1ccccc1. The normalized spacial score (nSPS) is 9.92. The summed E-state index contributed by atoms with van der Waals surface area (Å²) in [6.07, 6.45) is 4.93. The van der Waals surface area contributed by atoms with Crippen LogP contribution in [-0.4, -0.2) is 61.7 Å². The van der Waals surface area contributed by atoms with Crippen LogP contribution in [0.25, 0.3) is 0 Å². The number of hydrogen-bond acceptors (Lipinski definition) is 3. The minimum Gasteiger partial charge on any atom is -0.301 e. The molecule has 0 aliphatic carbocycles. The molecule has 1 aromatic carbocycles. The number of nitrogens with one attached hydrogen (secondary N) is 1. The van der Waals surface area contributed by atoms with Gasteiger partial charge in [-0.3, -0.25) is 10.2 Å². The van der Waals surface area contributed by atoms with Crippen LogP contribution in [0, 0.1) is 0 Å². The molecule has 0 aliphatic heterocycles. The summed E-state index contributed by atoms with van der Waals surface area (Å²) < 4.78 is 0.